The quantitative estimate of drug-likeness (QED) is 0.812. The molecule has 0 radical (unpaired) electrons. The number of alkyl halides is 3. The topological polar surface area (TPSA) is 21.3 Å². The molecule has 0 heterocycles. The molecule has 1 N–H and O–H groups in total. The van der Waals surface area contributed by atoms with Gasteiger partial charge < -0.3 is 10.1 Å². The summed E-state index contributed by atoms with van der Waals surface area (Å²) in [5.41, 5.74) is 0.843. The molecule has 0 atom stereocenters. The van der Waals surface area contributed by atoms with Crippen molar-refractivity contribution in [3.63, 3.8) is 0 Å². The Kier molecular flexibility index (Phi) is 3.60. The standard InChI is InChI=1S/C14H15BrF3NO/c15-11-7-10(5-6-12(11)20-14(16,17)18)19-13(8-1-2-8)9-3-4-9/h5-9,13,19H,1-4H2. The van der Waals surface area contributed by atoms with Crippen LogP contribution in [0.15, 0.2) is 22.7 Å². The fourth-order valence-electron chi connectivity index (χ4n) is 2.52. The highest BCUT2D eigenvalue weighted by Gasteiger charge is 2.41. The van der Waals surface area contributed by atoms with Gasteiger partial charge in [0.05, 0.1) is 4.47 Å². The molecule has 20 heavy (non-hydrogen) atoms. The maximum absolute atomic E-state index is 12.2. The fourth-order valence-corrected chi connectivity index (χ4v) is 2.98. The Bertz CT molecular complexity index is 486. The largest absolute Gasteiger partial charge is 0.573 e. The van der Waals surface area contributed by atoms with Crippen molar-refractivity contribution in [3.05, 3.63) is 22.7 Å². The van der Waals surface area contributed by atoms with Crippen LogP contribution in [0.5, 0.6) is 5.75 Å². The first-order valence-electron chi connectivity index (χ1n) is 6.74. The molecule has 0 saturated heterocycles. The average molecular weight is 350 g/mol. The minimum atomic E-state index is -4.66. The van der Waals surface area contributed by atoms with Gasteiger partial charge in [-0.25, -0.2) is 0 Å². The molecule has 0 amide bonds. The number of halogens is 4. The third-order valence-electron chi connectivity index (χ3n) is 3.75. The second-order valence-electron chi connectivity index (χ2n) is 5.54. The minimum absolute atomic E-state index is 0.211. The van der Waals surface area contributed by atoms with Crippen molar-refractivity contribution >= 4 is 21.6 Å². The highest BCUT2D eigenvalue weighted by Crippen LogP contribution is 2.46. The van der Waals surface area contributed by atoms with Crippen LogP contribution in [-0.4, -0.2) is 12.4 Å². The Balaban J connectivity index is 1.69. The van der Waals surface area contributed by atoms with E-state index >= 15 is 0 Å². The maximum atomic E-state index is 12.2. The molecule has 1 aromatic carbocycles. The molecule has 2 saturated carbocycles. The zero-order valence-corrected chi connectivity index (χ0v) is 12.3. The van der Waals surface area contributed by atoms with Crippen LogP contribution < -0.4 is 10.1 Å². The van der Waals surface area contributed by atoms with Crippen molar-refractivity contribution in [2.24, 2.45) is 11.8 Å². The van der Waals surface area contributed by atoms with Crippen LogP contribution in [0.2, 0.25) is 0 Å². The van der Waals surface area contributed by atoms with Gasteiger partial charge in [-0.1, -0.05) is 0 Å². The third-order valence-corrected chi connectivity index (χ3v) is 4.37. The monoisotopic (exact) mass is 349 g/mol. The molecule has 0 spiro atoms. The van der Waals surface area contributed by atoms with Gasteiger partial charge in [0.25, 0.3) is 0 Å². The van der Waals surface area contributed by atoms with Crippen LogP contribution >= 0.6 is 15.9 Å². The second kappa shape index (κ2) is 5.13. The van der Waals surface area contributed by atoms with E-state index in [2.05, 4.69) is 26.0 Å². The third kappa shape index (κ3) is 3.59. The fraction of sp³-hybridized carbons (Fsp3) is 0.571. The van der Waals surface area contributed by atoms with Crippen LogP contribution in [0, 0.1) is 11.8 Å². The van der Waals surface area contributed by atoms with Crippen LogP contribution in [0.1, 0.15) is 25.7 Å². The van der Waals surface area contributed by atoms with Gasteiger partial charge in [0, 0.05) is 11.7 Å². The molecular weight excluding hydrogens is 335 g/mol. The van der Waals surface area contributed by atoms with Crippen LogP contribution in [-0.2, 0) is 0 Å². The van der Waals surface area contributed by atoms with E-state index in [1.54, 1.807) is 12.1 Å². The Hall–Kier alpha value is -0.910. The van der Waals surface area contributed by atoms with E-state index in [1.165, 1.54) is 31.7 Å². The van der Waals surface area contributed by atoms with Crippen molar-refractivity contribution in [2.45, 2.75) is 38.1 Å². The van der Waals surface area contributed by atoms with E-state index in [9.17, 15) is 13.2 Å². The molecule has 2 nitrogen and oxygen atoms in total. The van der Waals surface area contributed by atoms with Gasteiger partial charge in [-0.05, 0) is 71.6 Å². The number of ether oxygens (including phenoxy) is 1. The Morgan fingerprint density at radius 3 is 2.20 bits per heavy atom. The summed E-state index contributed by atoms with van der Waals surface area (Å²) in [6.45, 7) is 0. The summed E-state index contributed by atoms with van der Waals surface area (Å²) < 4.78 is 40.9. The molecule has 0 aliphatic heterocycles. The molecule has 2 aliphatic rings. The summed E-state index contributed by atoms with van der Waals surface area (Å²) in [5, 5.41) is 3.47. The first kappa shape index (κ1) is 14.0. The van der Waals surface area contributed by atoms with Gasteiger partial charge in [0.15, 0.2) is 0 Å². The zero-order chi connectivity index (χ0) is 14.3. The molecule has 0 unspecified atom stereocenters. The van der Waals surface area contributed by atoms with Gasteiger partial charge in [0.2, 0.25) is 0 Å². The van der Waals surface area contributed by atoms with E-state index in [0.717, 1.165) is 17.5 Å². The minimum Gasteiger partial charge on any atom is -0.405 e. The van der Waals surface area contributed by atoms with E-state index in [-0.39, 0.29) is 5.75 Å². The first-order valence-corrected chi connectivity index (χ1v) is 7.53. The smallest absolute Gasteiger partial charge is 0.405 e. The zero-order valence-electron chi connectivity index (χ0n) is 10.7. The molecule has 110 valence electrons. The van der Waals surface area contributed by atoms with Crippen molar-refractivity contribution < 1.29 is 17.9 Å². The highest BCUT2D eigenvalue weighted by atomic mass is 79.9. The van der Waals surface area contributed by atoms with Gasteiger partial charge in [0.1, 0.15) is 5.75 Å². The second-order valence-corrected chi connectivity index (χ2v) is 6.39. The molecule has 1 aromatic rings. The molecule has 3 rings (SSSR count). The highest BCUT2D eigenvalue weighted by molar-refractivity contribution is 9.10. The number of hydrogen-bond donors (Lipinski definition) is 1. The van der Waals surface area contributed by atoms with Crippen LogP contribution in [0.4, 0.5) is 18.9 Å². The lowest BCUT2D eigenvalue weighted by molar-refractivity contribution is -0.274. The Morgan fingerprint density at radius 2 is 1.75 bits per heavy atom. The number of hydrogen-bond acceptors (Lipinski definition) is 2. The van der Waals surface area contributed by atoms with Crippen LogP contribution in [0.3, 0.4) is 0 Å². The summed E-state index contributed by atoms with van der Waals surface area (Å²) in [6, 6.07) is 5.11. The predicted octanol–water partition coefficient (Wildman–Crippen LogP) is 4.95. The number of rotatable bonds is 5. The lowest BCUT2D eigenvalue weighted by Gasteiger charge is -2.20. The van der Waals surface area contributed by atoms with E-state index in [1.807, 2.05) is 0 Å². The van der Waals surface area contributed by atoms with Crippen molar-refractivity contribution in [3.8, 4) is 5.75 Å². The maximum Gasteiger partial charge on any atom is 0.573 e. The molecule has 2 fully saturated rings. The lowest BCUT2D eigenvalue weighted by Crippen LogP contribution is -2.24. The Labute approximate surface area is 123 Å². The lowest BCUT2D eigenvalue weighted by atomic mass is 10.1. The molecule has 6 heteroatoms. The summed E-state index contributed by atoms with van der Waals surface area (Å²) in [4.78, 5) is 0. The average Bonchev–Trinajstić information content (AvgIpc) is 3.22. The summed E-state index contributed by atoms with van der Waals surface area (Å²) >= 11 is 3.13. The van der Waals surface area contributed by atoms with Gasteiger partial charge in [-0.15, -0.1) is 13.2 Å². The molecule has 0 aromatic heterocycles. The van der Waals surface area contributed by atoms with Crippen molar-refractivity contribution in [2.75, 3.05) is 5.32 Å². The number of benzene rings is 1. The normalized spacial score (nSPS) is 19.2. The molecular formula is C14H15BrF3NO. The number of nitrogens with one attached hydrogen (secondary N) is 1. The van der Waals surface area contributed by atoms with Gasteiger partial charge in [-0.3, -0.25) is 0 Å². The molecule has 0 bridgehead atoms. The SMILES string of the molecule is FC(F)(F)Oc1ccc(NC(C2CC2)C2CC2)cc1Br. The summed E-state index contributed by atoms with van der Waals surface area (Å²) in [5.74, 6) is 1.25. The number of anilines is 1. The van der Waals surface area contributed by atoms with E-state index in [4.69, 9.17) is 0 Å². The molecule has 2 aliphatic carbocycles. The summed E-state index contributed by atoms with van der Waals surface area (Å²) in [6.07, 6.45) is 0.354. The van der Waals surface area contributed by atoms with E-state index in [0.29, 0.717) is 10.5 Å². The predicted molar refractivity (Wildman–Crippen MR) is 73.7 cm³/mol. The van der Waals surface area contributed by atoms with Gasteiger partial charge in [-0.2, -0.15) is 0 Å². The van der Waals surface area contributed by atoms with Gasteiger partial charge >= 0.3 is 6.36 Å². The van der Waals surface area contributed by atoms with Crippen LogP contribution in [0.25, 0.3) is 0 Å². The summed E-state index contributed by atoms with van der Waals surface area (Å²) in [7, 11) is 0. The Morgan fingerprint density at radius 1 is 1.15 bits per heavy atom. The first-order chi connectivity index (χ1) is 9.42. The van der Waals surface area contributed by atoms with E-state index < -0.39 is 6.36 Å². The van der Waals surface area contributed by atoms with Crippen molar-refractivity contribution in [1.82, 2.24) is 0 Å². The van der Waals surface area contributed by atoms with Crippen molar-refractivity contribution in [1.29, 1.82) is 0 Å².